The maximum Gasteiger partial charge on any atom is 0.325 e. The van der Waals surface area contributed by atoms with Gasteiger partial charge >= 0.3 is 5.97 Å². The van der Waals surface area contributed by atoms with Gasteiger partial charge in [0, 0.05) is 6.38 Å². The van der Waals surface area contributed by atoms with Gasteiger partial charge < -0.3 is 4.74 Å². The summed E-state index contributed by atoms with van der Waals surface area (Å²) in [6.45, 7) is 8.03. The number of carbonyl (C=O) groups excluding carboxylic acids is 1. The van der Waals surface area contributed by atoms with Crippen molar-refractivity contribution >= 4 is 17.6 Å². The molecule has 1 rings (SSSR count). The Balaban J connectivity index is 0.00000106. The van der Waals surface area contributed by atoms with E-state index in [0.29, 0.717) is 0 Å². The minimum absolute atomic E-state index is 0.0643. The number of nitriles is 1. The predicted molar refractivity (Wildman–Crippen MR) is 63.7 cm³/mol. The number of ether oxygens (including phenoxy) is 1. The van der Waals surface area contributed by atoms with Crippen LogP contribution in [0.5, 0.6) is 0 Å². The van der Waals surface area contributed by atoms with Crippen molar-refractivity contribution in [1.29, 1.82) is 5.26 Å². The van der Waals surface area contributed by atoms with Crippen molar-refractivity contribution in [2.45, 2.75) is 27.7 Å². The van der Waals surface area contributed by atoms with E-state index in [0.717, 1.165) is 0 Å². The molecule has 0 bridgehead atoms. The highest BCUT2D eigenvalue weighted by Gasteiger charge is 2.61. The fraction of sp³-hybridized carbons (Fsp3) is 0.667. The molecule has 90 valence electrons. The van der Waals surface area contributed by atoms with Crippen LogP contribution in [0, 0.1) is 28.8 Å². The van der Waals surface area contributed by atoms with Gasteiger partial charge in [-0.1, -0.05) is 25.5 Å². The minimum atomic E-state index is -0.403. The predicted octanol–water partition coefficient (Wildman–Crippen LogP) is 3.10. The second-order valence-electron chi connectivity index (χ2n) is 4.58. The molecule has 1 aliphatic rings. The molecule has 1 saturated carbocycles. The molecule has 0 saturated heterocycles. The summed E-state index contributed by atoms with van der Waals surface area (Å²) in [4.78, 5) is 11.3. The van der Waals surface area contributed by atoms with E-state index in [1.165, 1.54) is 18.2 Å². The normalized spacial score (nSPS) is 24.3. The average Bonchev–Trinajstić information content (AvgIpc) is 2.71. The van der Waals surface area contributed by atoms with E-state index in [2.05, 4.69) is 22.4 Å². The number of carbonyl (C=O) groups is 1. The van der Waals surface area contributed by atoms with Crippen LogP contribution in [0.15, 0.2) is 11.6 Å². The zero-order valence-electron chi connectivity index (χ0n) is 10.4. The van der Waals surface area contributed by atoms with Crippen LogP contribution in [-0.2, 0) is 9.53 Å². The first-order valence-electron chi connectivity index (χ1n) is 5.04. The third kappa shape index (κ3) is 3.24. The van der Waals surface area contributed by atoms with E-state index in [1.54, 1.807) is 0 Å². The van der Waals surface area contributed by atoms with Crippen molar-refractivity contribution in [2.24, 2.45) is 17.3 Å². The van der Waals surface area contributed by atoms with Crippen LogP contribution in [-0.4, -0.2) is 12.4 Å². The fourth-order valence-electron chi connectivity index (χ4n) is 1.91. The molecule has 2 unspecified atom stereocenters. The van der Waals surface area contributed by atoms with Gasteiger partial charge in [0.25, 0.3) is 6.26 Å². The van der Waals surface area contributed by atoms with E-state index in [4.69, 9.17) is 5.26 Å². The first-order chi connectivity index (χ1) is 7.41. The molecule has 0 aromatic heterocycles. The molecule has 0 radical (unpaired) electrons. The third-order valence-corrected chi connectivity index (χ3v) is 2.82. The Kier molecular flexibility index (Phi) is 5.53. The summed E-state index contributed by atoms with van der Waals surface area (Å²) < 4.78 is 4.35. The smallest absolute Gasteiger partial charge is 0.325 e. The van der Waals surface area contributed by atoms with E-state index in [9.17, 15) is 4.79 Å². The maximum atomic E-state index is 11.3. The van der Waals surface area contributed by atoms with Crippen LogP contribution < -0.4 is 0 Å². The number of esters is 1. The van der Waals surface area contributed by atoms with E-state index in [-0.39, 0.29) is 17.3 Å². The highest BCUT2D eigenvalue weighted by atomic mass is 35.5. The lowest BCUT2D eigenvalue weighted by Gasteiger charge is -1.97. The summed E-state index contributed by atoms with van der Waals surface area (Å²) in [5.74, 6) is -0.342. The van der Waals surface area contributed by atoms with Crippen molar-refractivity contribution in [1.82, 2.24) is 0 Å². The molecule has 0 aromatic carbocycles. The largest absolute Gasteiger partial charge is 0.351 e. The van der Waals surface area contributed by atoms with Crippen molar-refractivity contribution in [3.8, 4) is 6.26 Å². The van der Waals surface area contributed by atoms with Gasteiger partial charge in [0.05, 0.1) is 5.92 Å². The Bertz CT molecular complexity index is 324. The van der Waals surface area contributed by atoms with Gasteiger partial charge in [-0.2, -0.15) is 0 Å². The van der Waals surface area contributed by atoms with Gasteiger partial charge in [0.15, 0.2) is 0 Å². The SMILES string of the molecule is CC(C)=CC1C(C(=O)OC#N)C1(C)C.CCl. The third-order valence-electron chi connectivity index (χ3n) is 2.82. The molecule has 0 heterocycles. The zero-order valence-corrected chi connectivity index (χ0v) is 11.1. The topological polar surface area (TPSA) is 50.1 Å². The summed E-state index contributed by atoms with van der Waals surface area (Å²) in [6.07, 6.45) is 4.98. The molecule has 0 aromatic rings. The zero-order chi connectivity index (χ0) is 12.9. The first kappa shape index (κ1) is 15.0. The van der Waals surface area contributed by atoms with E-state index >= 15 is 0 Å². The van der Waals surface area contributed by atoms with Crippen LogP contribution in [0.1, 0.15) is 27.7 Å². The number of rotatable bonds is 2. The Labute approximate surface area is 102 Å². The Morgan fingerprint density at radius 2 is 1.94 bits per heavy atom. The summed E-state index contributed by atoms with van der Waals surface area (Å²) in [5.41, 5.74) is 1.13. The lowest BCUT2D eigenvalue weighted by atomic mass is 10.1. The van der Waals surface area contributed by atoms with Crippen LogP contribution >= 0.6 is 11.6 Å². The van der Waals surface area contributed by atoms with Gasteiger partial charge in [0.2, 0.25) is 0 Å². The lowest BCUT2D eigenvalue weighted by Crippen LogP contribution is -2.07. The standard InChI is InChI=1S/C11H15NO2.CH3Cl/c1-7(2)5-8-9(11(8,3)4)10(13)14-6-12;1-2/h5,8-9H,1-4H3;1H3. The van der Waals surface area contributed by atoms with Crippen molar-refractivity contribution in [2.75, 3.05) is 6.38 Å². The van der Waals surface area contributed by atoms with Crippen molar-refractivity contribution < 1.29 is 9.53 Å². The Morgan fingerprint density at radius 1 is 1.44 bits per heavy atom. The van der Waals surface area contributed by atoms with Crippen LogP contribution in [0.25, 0.3) is 0 Å². The van der Waals surface area contributed by atoms with E-state index < -0.39 is 5.97 Å². The highest BCUT2D eigenvalue weighted by Crippen LogP contribution is 2.59. The monoisotopic (exact) mass is 243 g/mol. The van der Waals surface area contributed by atoms with E-state index in [1.807, 2.05) is 27.7 Å². The molecule has 3 nitrogen and oxygen atoms in total. The molecule has 1 fully saturated rings. The summed E-state index contributed by atoms with van der Waals surface area (Å²) >= 11 is 4.64. The van der Waals surface area contributed by atoms with Crippen LogP contribution in [0.2, 0.25) is 0 Å². The van der Waals surface area contributed by atoms with Crippen molar-refractivity contribution in [3.63, 3.8) is 0 Å². The van der Waals surface area contributed by atoms with Gasteiger partial charge in [-0.05, 0) is 25.2 Å². The van der Waals surface area contributed by atoms with Crippen molar-refractivity contribution in [3.05, 3.63) is 11.6 Å². The second-order valence-corrected chi connectivity index (χ2v) is 4.58. The highest BCUT2D eigenvalue weighted by molar-refractivity contribution is 6.15. The molecule has 16 heavy (non-hydrogen) atoms. The fourth-order valence-corrected chi connectivity index (χ4v) is 1.91. The molecule has 0 aliphatic heterocycles. The Hall–Kier alpha value is -1.01. The van der Waals surface area contributed by atoms with Crippen LogP contribution in [0.3, 0.4) is 0 Å². The number of halogens is 1. The van der Waals surface area contributed by atoms with Gasteiger partial charge in [-0.25, -0.2) is 0 Å². The molecule has 4 heteroatoms. The Morgan fingerprint density at radius 3 is 2.31 bits per heavy atom. The maximum absolute atomic E-state index is 11.3. The molecule has 0 spiro atoms. The molecular weight excluding hydrogens is 226 g/mol. The summed E-state index contributed by atoms with van der Waals surface area (Å²) in [6, 6.07) is 0. The number of hydrogen-bond donors (Lipinski definition) is 0. The van der Waals surface area contributed by atoms with Crippen LogP contribution in [0.4, 0.5) is 0 Å². The molecular formula is C12H18ClNO2. The number of alkyl halides is 1. The minimum Gasteiger partial charge on any atom is -0.351 e. The summed E-state index contributed by atoms with van der Waals surface area (Å²) in [7, 11) is 0. The quantitative estimate of drug-likeness (QED) is 0.324. The number of hydrogen-bond acceptors (Lipinski definition) is 3. The lowest BCUT2D eigenvalue weighted by molar-refractivity contribution is -0.139. The molecule has 1 aliphatic carbocycles. The van der Waals surface area contributed by atoms with Gasteiger partial charge in [-0.3, -0.25) is 4.79 Å². The number of allylic oxidation sites excluding steroid dienone is 2. The van der Waals surface area contributed by atoms with Gasteiger partial charge in [-0.15, -0.1) is 16.9 Å². The average molecular weight is 244 g/mol. The summed E-state index contributed by atoms with van der Waals surface area (Å²) in [5, 5.41) is 8.24. The molecule has 2 atom stereocenters. The number of nitrogens with zero attached hydrogens (tertiary/aromatic N) is 1. The van der Waals surface area contributed by atoms with Gasteiger partial charge in [0.1, 0.15) is 0 Å². The molecule has 0 amide bonds. The molecule has 0 N–H and O–H groups in total. The second kappa shape index (κ2) is 5.91. The first-order valence-corrected chi connectivity index (χ1v) is 5.79.